The smallest absolute Gasteiger partial charge is 0.339 e. The molecule has 0 radical (unpaired) electrons. The highest BCUT2D eigenvalue weighted by atomic mass is 19.2. The van der Waals surface area contributed by atoms with E-state index in [0.29, 0.717) is 0 Å². The zero-order chi connectivity index (χ0) is 23.2. The lowest BCUT2D eigenvalue weighted by atomic mass is 9.90. The number of hydrogen-bond donors (Lipinski definition) is 4. The molecule has 0 heterocycles. The molecule has 0 saturated carbocycles. The first-order valence-corrected chi connectivity index (χ1v) is 7.09. The number of carboxylic acids is 4. The first-order valence-electron chi connectivity index (χ1n) is 7.09. The minimum absolute atomic E-state index is 2.08. The molecule has 0 aliphatic heterocycles. The highest BCUT2D eigenvalue weighted by Crippen LogP contribution is 2.39. The van der Waals surface area contributed by atoms with Gasteiger partial charge in [0.25, 0.3) is 0 Å². The molecule has 0 atom stereocenters. The fraction of sp³-hybridized carbons (Fsp3) is 0. The molecular weight excluding hydrogens is 434 g/mol. The molecule has 0 aromatic heterocycles. The van der Waals surface area contributed by atoms with Crippen molar-refractivity contribution in [2.75, 3.05) is 0 Å². The number of halogens is 6. The van der Waals surface area contributed by atoms with E-state index in [1.165, 1.54) is 0 Å². The topological polar surface area (TPSA) is 149 Å². The van der Waals surface area contributed by atoms with Crippen LogP contribution >= 0.6 is 0 Å². The molecule has 2 aromatic rings. The van der Waals surface area contributed by atoms with Crippen LogP contribution in [0.15, 0.2) is 0 Å². The van der Waals surface area contributed by atoms with Gasteiger partial charge < -0.3 is 20.4 Å². The zero-order valence-electron chi connectivity index (χ0n) is 13.7. The Kier molecular flexibility index (Phi) is 5.46. The Balaban J connectivity index is 3.29. The lowest BCUT2D eigenvalue weighted by Crippen LogP contribution is -2.20. The molecule has 0 unspecified atom stereocenters. The molecule has 0 amide bonds. The van der Waals surface area contributed by atoms with Crippen molar-refractivity contribution in [3.8, 4) is 11.1 Å². The average molecular weight is 438 g/mol. The van der Waals surface area contributed by atoms with Crippen molar-refractivity contribution in [1.29, 1.82) is 0 Å². The summed E-state index contributed by atoms with van der Waals surface area (Å²) in [5, 5.41) is 35.8. The van der Waals surface area contributed by atoms with Gasteiger partial charge in [-0.05, 0) is 0 Å². The van der Waals surface area contributed by atoms with Crippen LogP contribution in [0.5, 0.6) is 0 Å². The summed E-state index contributed by atoms with van der Waals surface area (Å²) in [6.45, 7) is 0. The fourth-order valence-electron chi connectivity index (χ4n) is 2.59. The van der Waals surface area contributed by atoms with Gasteiger partial charge in [0.15, 0.2) is 29.1 Å². The van der Waals surface area contributed by atoms with Gasteiger partial charge in [-0.15, -0.1) is 0 Å². The van der Waals surface area contributed by atoms with Crippen LogP contribution < -0.4 is 0 Å². The first kappa shape index (κ1) is 22.2. The van der Waals surface area contributed by atoms with Crippen LogP contribution in [0.2, 0.25) is 0 Å². The van der Waals surface area contributed by atoms with Crippen LogP contribution in [-0.2, 0) is 0 Å². The third-order valence-corrected chi connectivity index (χ3v) is 3.75. The van der Waals surface area contributed by atoms with Gasteiger partial charge in [0.1, 0.15) is 22.5 Å². The molecule has 2 rings (SSSR count). The van der Waals surface area contributed by atoms with Crippen molar-refractivity contribution >= 4 is 23.9 Å². The average Bonchev–Trinajstić information content (AvgIpc) is 2.62. The van der Waals surface area contributed by atoms with E-state index < -0.39 is 92.2 Å². The maximum Gasteiger partial charge on any atom is 0.339 e. The Labute approximate surface area is 159 Å². The Hall–Kier alpha value is -4.10. The van der Waals surface area contributed by atoms with Gasteiger partial charge in [0, 0.05) is 5.56 Å². The molecule has 0 saturated heterocycles. The second-order valence-electron chi connectivity index (χ2n) is 5.35. The Bertz CT molecular complexity index is 1170. The van der Waals surface area contributed by atoms with Crippen LogP contribution in [0, 0.1) is 34.9 Å². The number of aromatic carboxylic acids is 4. The third-order valence-electron chi connectivity index (χ3n) is 3.75. The quantitative estimate of drug-likeness (QED) is 0.316. The van der Waals surface area contributed by atoms with Crippen molar-refractivity contribution in [2.24, 2.45) is 0 Å². The second kappa shape index (κ2) is 7.38. The summed E-state index contributed by atoms with van der Waals surface area (Å²) in [7, 11) is 0. The first-order chi connectivity index (χ1) is 13.7. The molecule has 8 nitrogen and oxygen atoms in total. The normalized spacial score (nSPS) is 10.7. The summed E-state index contributed by atoms with van der Waals surface area (Å²) in [5.74, 6) is -26.0. The lowest BCUT2D eigenvalue weighted by Gasteiger charge is -2.16. The Morgan fingerprint density at radius 2 is 0.700 bits per heavy atom. The third kappa shape index (κ3) is 3.07. The van der Waals surface area contributed by atoms with E-state index in [4.69, 9.17) is 20.4 Å². The van der Waals surface area contributed by atoms with Crippen molar-refractivity contribution in [3.63, 3.8) is 0 Å². The van der Waals surface area contributed by atoms with Crippen molar-refractivity contribution in [1.82, 2.24) is 0 Å². The van der Waals surface area contributed by atoms with Crippen LogP contribution in [-0.4, -0.2) is 44.3 Å². The molecule has 30 heavy (non-hydrogen) atoms. The number of carboxylic acid groups (broad SMARTS) is 4. The van der Waals surface area contributed by atoms with Gasteiger partial charge in [-0.1, -0.05) is 0 Å². The monoisotopic (exact) mass is 438 g/mol. The van der Waals surface area contributed by atoms with E-state index in [-0.39, 0.29) is 0 Å². The molecule has 0 fully saturated rings. The van der Waals surface area contributed by atoms with Crippen LogP contribution in [0.4, 0.5) is 26.3 Å². The molecule has 158 valence electrons. The van der Waals surface area contributed by atoms with Crippen molar-refractivity contribution < 1.29 is 65.9 Å². The largest absolute Gasteiger partial charge is 0.478 e. The van der Waals surface area contributed by atoms with Gasteiger partial charge in [0.2, 0.25) is 0 Å². The van der Waals surface area contributed by atoms with Gasteiger partial charge in [-0.2, -0.15) is 0 Å². The van der Waals surface area contributed by atoms with Crippen LogP contribution in [0.3, 0.4) is 0 Å². The zero-order valence-corrected chi connectivity index (χ0v) is 13.7. The summed E-state index contributed by atoms with van der Waals surface area (Å²) in [4.78, 5) is 44.6. The summed E-state index contributed by atoms with van der Waals surface area (Å²) < 4.78 is 85.2. The van der Waals surface area contributed by atoms with E-state index in [2.05, 4.69) is 0 Å². The molecule has 0 spiro atoms. The van der Waals surface area contributed by atoms with E-state index in [1.54, 1.807) is 0 Å². The van der Waals surface area contributed by atoms with Crippen LogP contribution in [0.25, 0.3) is 11.1 Å². The van der Waals surface area contributed by atoms with E-state index >= 15 is 0 Å². The predicted molar refractivity (Wildman–Crippen MR) is 79.5 cm³/mol. The highest BCUT2D eigenvalue weighted by Gasteiger charge is 2.39. The minimum Gasteiger partial charge on any atom is -0.478 e. The van der Waals surface area contributed by atoms with Crippen molar-refractivity contribution in [3.05, 3.63) is 57.2 Å². The highest BCUT2D eigenvalue weighted by molar-refractivity contribution is 6.08. The Morgan fingerprint density at radius 3 is 1.10 bits per heavy atom. The summed E-state index contributed by atoms with van der Waals surface area (Å²) in [5.41, 5.74) is -12.9. The van der Waals surface area contributed by atoms with E-state index in [1.807, 2.05) is 0 Å². The second-order valence-corrected chi connectivity index (χ2v) is 5.35. The fourth-order valence-corrected chi connectivity index (χ4v) is 2.59. The summed E-state index contributed by atoms with van der Waals surface area (Å²) >= 11 is 0. The molecular formula is C16H4F6O8. The molecule has 0 aliphatic carbocycles. The van der Waals surface area contributed by atoms with E-state index in [9.17, 15) is 45.5 Å². The molecule has 0 bridgehead atoms. The minimum atomic E-state index is -2.73. The number of carbonyl (C=O) groups is 4. The van der Waals surface area contributed by atoms with Gasteiger partial charge in [-0.3, -0.25) is 0 Å². The maximum atomic E-state index is 14.7. The molecule has 4 N–H and O–H groups in total. The number of rotatable bonds is 5. The molecule has 2 aromatic carbocycles. The molecule has 0 aliphatic rings. The van der Waals surface area contributed by atoms with Gasteiger partial charge >= 0.3 is 23.9 Å². The van der Waals surface area contributed by atoms with Crippen LogP contribution in [0.1, 0.15) is 41.4 Å². The molecule has 14 heteroatoms. The summed E-state index contributed by atoms with van der Waals surface area (Å²) in [6, 6.07) is 0. The van der Waals surface area contributed by atoms with E-state index in [0.717, 1.165) is 0 Å². The van der Waals surface area contributed by atoms with Crippen molar-refractivity contribution in [2.45, 2.75) is 0 Å². The van der Waals surface area contributed by atoms with Gasteiger partial charge in [-0.25, -0.2) is 45.5 Å². The summed E-state index contributed by atoms with van der Waals surface area (Å²) in [6.07, 6.45) is 0. The Morgan fingerprint density at radius 1 is 0.400 bits per heavy atom. The van der Waals surface area contributed by atoms with Gasteiger partial charge in [0.05, 0.1) is 11.1 Å². The number of hydrogen-bond acceptors (Lipinski definition) is 4. The standard InChI is InChI=1S/C16H4F6O8/c17-7-3(9(19)10(20)6(16(29)30)5(7)15(27)28)1-2(13(23)24)4(14(25)26)11(21)12(22)8(1)18/h(H,23,24)(H,25,26)(H,27,28)(H,29,30). The maximum absolute atomic E-state index is 14.7. The number of benzene rings is 2. The lowest BCUT2D eigenvalue weighted by molar-refractivity contribution is 0.0641. The predicted octanol–water partition coefficient (Wildman–Crippen LogP) is 2.98. The SMILES string of the molecule is O=C(O)c1c(F)c(F)c(-c2c(F)c(F)c(F)c(C(=O)O)c2C(=O)O)c(F)c1C(=O)O.